The second kappa shape index (κ2) is 6.27. The van der Waals surface area contributed by atoms with Gasteiger partial charge in [-0.3, -0.25) is 0 Å². The highest BCUT2D eigenvalue weighted by Gasteiger charge is 2.55. The van der Waals surface area contributed by atoms with E-state index in [0.717, 1.165) is 36.8 Å². The number of benzene rings is 1. The topological polar surface area (TPSA) is 99.4 Å². The van der Waals surface area contributed by atoms with Gasteiger partial charge in [-0.1, -0.05) is 18.1 Å². The van der Waals surface area contributed by atoms with Crippen LogP contribution in [0.5, 0.6) is 5.75 Å². The van der Waals surface area contributed by atoms with E-state index in [1.807, 2.05) is 6.07 Å². The third-order valence-electron chi connectivity index (χ3n) is 6.93. The maximum Gasteiger partial charge on any atom is 0.344 e. The predicted molar refractivity (Wildman–Crippen MR) is 95.2 cm³/mol. The van der Waals surface area contributed by atoms with Crippen molar-refractivity contribution in [1.29, 1.82) is 0 Å². The molecule has 0 spiro atoms. The average molecular weight is 359 g/mol. The van der Waals surface area contributed by atoms with Crippen LogP contribution in [0.2, 0.25) is 0 Å². The molecule has 6 heteroatoms. The monoisotopic (exact) mass is 359 g/mol. The minimum absolute atomic E-state index is 0.0530. The van der Waals surface area contributed by atoms with Crippen LogP contribution in [0.25, 0.3) is 0 Å². The normalized spacial score (nSPS) is 36.9. The molecule has 1 aromatic rings. The summed E-state index contributed by atoms with van der Waals surface area (Å²) in [5.74, 6) is 0.263. The van der Waals surface area contributed by atoms with Crippen molar-refractivity contribution in [3.63, 3.8) is 0 Å². The number of phenolic OH excluding ortho intramolecular Hbond substituents is 1. The summed E-state index contributed by atoms with van der Waals surface area (Å²) in [6, 6.07) is 5.36. The number of hydrogen-bond donors (Lipinski definition) is 3. The van der Waals surface area contributed by atoms with Crippen molar-refractivity contribution in [3.8, 4) is 5.75 Å². The summed E-state index contributed by atoms with van der Waals surface area (Å²) >= 11 is 0. The van der Waals surface area contributed by atoms with Gasteiger partial charge >= 0.3 is 5.97 Å². The molecule has 1 aromatic carbocycles. The van der Waals surface area contributed by atoms with E-state index >= 15 is 0 Å². The van der Waals surface area contributed by atoms with Crippen LogP contribution >= 0.6 is 0 Å². The maximum atomic E-state index is 10.7. The molecule has 0 amide bonds. The fraction of sp³-hybridized carbons (Fsp3) is 0.600. The molecule has 0 bridgehead atoms. The first-order valence-electron chi connectivity index (χ1n) is 9.32. The number of aliphatic hydroxyl groups excluding tert-OH is 1. The Morgan fingerprint density at radius 3 is 2.92 bits per heavy atom. The van der Waals surface area contributed by atoms with E-state index in [2.05, 4.69) is 12.1 Å². The van der Waals surface area contributed by atoms with Gasteiger partial charge in [0.15, 0.2) is 0 Å². The van der Waals surface area contributed by atoms with Crippen LogP contribution in [0.4, 0.5) is 0 Å². The van der Waals surface area contributed by atoms with Gasteiger partial charge in [0.25, 0.3) is 0 Å². The summed E-state index contributed by atoms with van der Waals surface area (Å²) < 4.78 is 0. The molecule has 0 aromatic heterocycles. The first kappa shape index (κ1) is 17.3. The number of oxime groups is 1. The number of carbonyl (C=O) groups is 1. The summed E-state index contributed by atoms with van der Waals surface area (Å²) in [6.45, 7) is 1.72. The standard InChI is InChI=1S/C20H25NO5/c1-20-7-6-13-12-3-2-11(22)8-15(12)17(21-26-10-19(24)25)9-14(13)16(20)4-5-18(20)23/h2-3,8,13-14,16,18,22-23H,4-7,9-10H2,1H3,(H,24,25)/t13?,14?,16?,18-,20+/m1/s1. The molecule has 0 radical (unpaired) electrons. The van der Waals surface area contributed by atoms with Crippen LogP contribution < -0.4 is 0 Å². The van der Waals surface area contributed by atoms with Gasteiger partial charge < -0.3 is 20.2 Å². The van der Waals surface area contributed by atoms with E-state index in [4.69, 9.17) is 9.94 Å². The molecule has 4 rings (SSSR count). The molecule has 26 heavy (non-hydrogen) atoms. The largest absolute Gasteiger partial charge is 0.508 e. The van der Waals surface area contributed by atoms with E-state index in [-0.39, 0.29) is 17.3 Å². The third-order valence-corrected chi connectivity index (χ3v) is 6.93. The van der Waals surface area contributed by atoms with Crippen molar-refractivity contribution in [2.24, 2.45) is 22.4 Å². The van der Waals surface area contributed by atoms with Crippen molar-refractivity contribution in [1.82, 2.24) is 0 Å². The van der Waals surface area contributed by atoms with Crippen LogP contribution in [0.3, 0.4) is 0 Å². The second-order valence-electron chi connectivity index (χ2n) is 8.20. The molecule has 2 fully saturated rings. The van der Waals surface area contributed by atoms with Gasteiger partial charge in [-0.05, 0) is 73.0 Å². The summed E-state index contributed by atoms with van der Waals surface area (Å²) in [5, 5.41) is 33.3. The molecule has 0 saturated heterocycles. The summed E-state index contributed by atoms with van der Waals surface area (Å²) in [5.41, 5.74) is 2.66. The lowest BCUT2D eigenvalue weighted by Crippen LogP contribution is -2.45. The quantitative estimate of drug-likeness (QED) is 0.721. The highest BCUT2D eigenvalue weighted by atomic mass is 16.6. The molecule has 0 aliphatic heterocycles. The number of nitrogens with zero attached hydrogens (tertiary/aromatic N) is 1. The smallest absolute Gasteiger partial charge is 0.344 e. The van der Waals surface area contributed by atoms with E-state index in [1.165, 1.54) is 0 Å². The maximum absolute atomic E-state index is 10.7. The van der Waals surface area contributed by atoms with Gasteiger partial charge in [-0.2, -0.15) is 0 Å². The molecule has 3 aliphatic rings. The Hall–Kier alpha value is -2.08. The SMILES string of the molecule is C[C@]12CCC3c4ccc(O)cc4C(=NOCC(=O)O)CC3C1CC[C@H]2O. The molecule has 6 nitrogen and oxygen atoms in total. The predicted octanol–water partition coefficient (Wildman–Crippen LogP) is 2.87. The Morgan fingerprint density at radius 1 is 1.35 bits per heavy atom. The van der Waals surface area contributed by atoms with Crippen molar-refractivity contribution >= 4 is 11.7 Å². The lowest BCUT2D eigenvalue weighted by atomic mass is 9.55. The van der Waals surface area contributed by atoms with E-state index in [9.17, 15) is 15.0 Å². The highest BCUT2D eigenvalue weighted by molar-refractivity contribution is 6.03. The fourth-order valence-electron chi connectivity index (χ4n) is 5.63. The zero-order valence-corrected chi connectivity index (χ0v) is 14.9. The van der Waals surface area contributed by atoms with E-state index in [1.54, 1.807) is 12.1 Å². The van der Waals surface area contributed by atoms with Crippen molar-refractivity contribution in [2.45, 2.75) is 51.0 Å². The molecular weight excluding hydrogens is 334 g/mol. The lowest BCUT2D eigenvalue weighted by molar-refractivity contribution is -0.142. The Labute approximate surface area is 152 Å². The van der Waals surface area contributed by atoms with Crippen LogP contribution in [-0.4, -0.2) is 39.7 Å². The Kier molecular flexibility index (Phi) is 4.18. The number of aliphatic carboxylic acids is 1. The molecule has 3 unspecified atom stereocenters. The molecule has 3 N–H and O–H groups in total. The second-order valence-corrected chi connectivity index (χ2v) is 8.20. The first-order valence-corrected chi connectivity index (χ1v) is 9.32. The van der Waals surface area contributed by atoms with Gasteiger partial charge in [0.2, 0.25) is 6.61 Å². The minimum atomic E-state index is -1.07. The van der Waals surface area contributed by atoms with E-state index in [0.29, 0.717) is 29.9 Å². The van der Waals surface area contributed by atoms with Gasteiger partial charge in [0, 0.05) is 5.56 Å². The lowest BCUT2D eigenvalue weighted by Gasteiger charge is -2.50. The van der Waals surface area contributed by atoms with Gasteiger partial charge in [-0.15, -0.1) is 0 Å². The number of fused-ring (bicyclic) bond motifs is 5. The minimum Gasteiger partial charge on any atom is -0.508 e. The molecule has 3 aliphatic carbocycles. The number of rotatable bonds is 3. The van der Waals surface area contributed by atoms with Crippen molar-refractivity contribution in [2.75, 3.05) is 6.61 Å². The summed E-state index contributed by atoms with van der Waals surface area (Å²) in [4.78, 5) is 15.8. The summed E-state index contributed by atoms with van der Waals surface area (Å²) in [7, 11) is 0. The van der Waals surface area contributed by atoms with Crippen LogP contribution in [-0.2, 0) is 9.63 Å². The number of aromatic hydroxyl groups is 1. The first-order chi connectivity index (χ1) is 12.4. The van der Waals surface area contributed by atoms with E-state index < -0.39 is 12.6 Å². The molecule has 5 atom stereocenters. The third kappa shape index (κ3) is 2.67. The van der Waals surface area contributed by atoms with Crippen molar-refractivity contribution < 1.29 is 25.0 Å². The summed E-state index contributed by atoms with van der Waals surface area (Å²) in [6.07, 6.45) is 4.30. The molecule has 2 saturated carbocycles. The van der Waals surface area contributed by atoms with Crippen LogP contribution in [0.15, 0.2) is 23.4 Å². The van der Waals surface area contributed by atoms with Gasteiger partial charge in [-0.25, -0.2) is 4.79 Å². The van der Waals surface area contributed by atoms with Crippen LogP contribution in [0, 0.1) is 17.3 Å². The number of phenols is 1. The molecule has 0 heterocycles. The zero-order valence-electron chi connectivity index (χ0n) is 14.9. The number of aliphatic hydroxyl groups is 1. The molecule has 140 valence electrons. The number of carboxylic acid groups (broad SMARTS) is 1. The number of carboxylic acids is 1. The highest BCUT2D eigenvalue weighted by Crippen LogP contribution is 2.60. The van der Waals surface area contributed by atoms with Crippen LogP contribution in [0.1, 0.15) is 56.1 Å². The fourth-order valence-corrected chi connectivity index (χ4v) is 5.63. The zero-order chi connectivity index (χ0) is 18.5. The Balaban J connectivity index is 1.72. The number of hydrogen-bond acceptors (Lipinski definition) is 5. The average Bonchev–Trinajstić information content (AvgIpc) is 2.90. The molecular formula is C20H25NO5. The Morgan fingerprint density at radius 2 is 2.15 bits per heavy atom. The van der Waals surface area contributed by atoms with Crippen molar-refractivity contribution in [3.05, 3.63) is 29.3 Å². The Bertz CT molecular complexity index is 761. The van der Waals surface area contributed by atoms with Gasteiger partial charge in [0.05, 0.1) is 11.8 Å². The van der Waals surface area contributed by atoms with Gasteiger partial charge in [0.1, 0.15) is 5.75 Å².